The van der Waals surface area contributed by atoms with E-state index in [4.69, 9.17) is 9.52 Å². The number of furan rings is 1. The van der Waals surface area contributed by atoms with Crippen LogP contribution in [0, 0.1) is 0 Å². The highest BCUT2D eigenvalue weighted by Gasteiger charge is 2.03. The van der Waals surface area contributed by atoms with Gasteiger partial charge in [-0.25, -0.2) is 0 Å². The molecule has 0 aliphatic rings. The lowest BCUT2D eigenvalue weighted by Gasteiger charge is -2.07. The second-order valence-electron chi connectivity index (χ2n) is 4.86. The van der Waals surface area contributed by atoms with Gasteiger partial charge in [0.1, 0.15) is 11.5 Å². The summed E-state index contributed by atoms with van der Waals surface area (Å²) in [7, 11) is 0. The fourth-order valence-corrected chi connectivity index (χ4v) is 1.93. The fraction of sp³-hybridized carbons (Fsp3) is 0.375. The summed E-state index contributed by atoms with van der Waals surface area (Å²) in [5.41, 5.74) is 1.09. The number of benzene rings is 1. The van der Waals surface area contributed by atoms with Gasteiger partial charge in [0.25, 0.3) is 0 Å². The van der Waals surface area contributed by atoms with E-state index in [9.17, 15) is 0 Å². The maximum Gasteiger partial charge on any atom is 0.134 e. The van der Waals surface area contributed by atoms with Gasteiger partial charge < -0.3 is 20.2 Å². The molecule has 108 valence electrons. The van der Waals surface area contributed by atoms with Crippen molar-refractivity contribution in [1.29, 1.82) is 0 Å². The lowest BCUT2D eigenvalue weighted by atomic mass is 10.2. The Morgan fingerprint density at radius 3 is 2.55 bits per heavy atom. The highest BCUT2D eigenvalue weighted by Crippen LogP contribution is 2.21. The van der Waals surface area contributed by atoms with Gasteiger partial charge in [-0.05, 0) is 19.1 Å². The van der Waals surface area contributed by atoms with E-state index in [0.29, 0.717) is 13.1 Å². The molecule has 2 aromatic rings. The first kappa shape index (κ1) is 14.8. The standard InChI is InChI=1S/C16H22N2O2/c1-13(19)11-17-9-10-18-12-15-7-8-16(20-15)14-5-3-2-4-6-14/h2-8,13,17-19H,9-12H2,1H3/t13-/m0/s1. The Kier molecular flexibility index (Phi) is 5.80. The predicted octanol–water partition coefficient (Wildman–Crippen LogP) is 2.01. The normalized spacial score (nSPS) is 12.5. The Morgan fingerprint density at radius 1 is 1.05 bits per heavy atom. The van der Waals surface area contributed by atoms with Crippen LogP contribution in [-0.2, 0) is 6.54 Å². The Hall–Kier alpha value is -1.62. The van der Waals surface area contributed by atoms with E-state index in [1.165, 1.54) is 0 Å². The van der Waals surface area contributed by atoms with Crippen molar-refractivity contribution in [3.8, 4) is 11.3 Å². The van der Waals surface area contributed by atoms with Gasteiger partial charge in [0.15, 0.2) is 0 Å². The molecule has 1 aromatic carbocycles. The van der Waals surface area contributed by atoms with Crippen LogP contribution < -0.4 is 10.6 Å². The van der Waals surface area contributed by atoms with Gasteiger partial charge in [0.2, 0.25) is 0 Å². The van der Waals surface area contributed by atoms with Crippen LogP contribution in [0.4, 0.5) is 0 Å². The van der Waals surface area contributed by atoms with Gasteiger partial charge >= 0.3 is 0 Å². The van der Waals surface area contributed by atoms with Crippen molar-refractivity contribution in [3.63, 3.8) is 0 Å². The summed E-state index contributed by atoms with van der Waals surface area (Å²) < 4.78 is 5.79. The third-order valence-corrected chi connectivity index (χ3v) is 2.94. The number of aliphatic hydroxyl groups is 1. The van der Waals surface area contributed by atoms with E-state index in [0.717, 1.165) is 30.2 Å². The number of hydrogen-bond donors (Lipinski definition) is 3. The minimum absolute atomic E-state index is 0.298. The quantitative estimate of drug-likeness (QED) is 0.645. The third kappa shape index (κ3) is 4.81. The van der Waals surface area contributed by atoms with Gasteiger partial charge in [-0.15, -0.1) is 0 Å². The lowest BCUT2D eigenvalue weighted by molar-refractivity contribution is 0.191. The molecule has 0 radical (unpaired) electrons. The number of hydrogen-bond acceptors (Lipinski definition) is 4. The van der Waals surface area contributed by atoms with E-state index < -0.39 is 0 Å². The summed E-state index contributed by atoms with van der Waals surface area (Å²) in [5, 5.41) is 15.6. The van der Waals surface area contributed by atoms with Gasteiger partial charge in [0.05, 0.1) is 12.6 Å². The van der Waals surface area contributed by atoms with Crippen molar-refractivity contribution in [3.05, 3.63) is 48.2 Å². The molecule has 1 heterocycles. The van der Waals surface area contributed by atoms with Crippen LogP contribution in [0.1, 0.15) is 12.7 Å². The minimum Gasteiger partial charge on any atom is -0.460 e. The van der Waals surface area contributed by atoms with E-state index in [1.807, 2.05) is 42.5 Å². The second kappa shape index (κ2) is 7.85. The van der Waals surface area contributed by atoms with Crippen LogP contribution in [0.25, 0.3) is 11.3 Å². The molecule has 20 heavy (non-hydrogen) atoms. The molecule has 4 heteroatoms. The number of nitrogens with one attached hydrogen (secondary N) is 2. The molecule has 2 rings (SSSR count). The van der Waals surface area contributed by atoms with E-state index >= 15 is 0 Å². The summed E-state index contributed by atoms with van der Waals surface area (Å²) in [6, 6.07) is 14.1. The number of rotatable bonds is 8. The molecule has 0 fully saturated rings. The van der Waals surface area contributed by atoms with Crippen molar-refractivity contribution in [1.82, 2.24) is 10.6 Å². The molecule has 0 bridgehead atoms. The zero-order valence-corrected chi connectivity index (χ0v) is 11.8. The first-order valence-electron chi connectivity index (χ1n) is 6.99. The Balaban J connectivity index is 1.71. The van der Waals surface area contributed by atoms with Gasteiger partial charge in [0, 0.05) is 25.2 Å². The van der Waals surface area contributed by atoms with Crippen LogP contribution >= 0.6 is 0 Å². The molecule has 3 N–H and O–H groups in total. The van der Waals surface area contributed by atoms with Crippen molar-refractivity contribution in [2.45, 2.75) is 19.6 Å². The Bertz CT molecular complexity index is 494. The van der Waals surface area contributed by atoms with Crippen molar-refractivity contribution in [2.75, 3.05) is 19.6 Å². The van der Waals surface area contributed by atoms with E-state index in [1.54, 1.807) is 6.92 Å². The van der Waals surface area contributed by atoms with Crippen LogP contribution in [-0.4, -0.2) is 30.8 Å². The van der Waals surface area contributed by atoms with Gasteiger partial charge in [-0.1, -0.05) is 30.3 Å². The maximum absolute atomic E-state index is 9.10. The predicted molar refractivity (Wildman–Crippen MR) is 80.4 cm³/mol. The SMILES string of the molecule is C[C@H](O)CNCCNCc1ccc(-c2ccccc2)o1. The molecule has 0 spiro atoms. The monoisotopic (exact) mass is 274 g/mol. The smallest absolute Gasteiger partial charge is 0.134 e. The first-order chi connectivity index (χ1) is 9.75. The molecule has 0 unspecified atom stereocenters. The van der Waals surface area contributed by atoms with Crippen molar-refractivity contribution < 1.29 is 9.52 Å². The molecule has 4 nitrogen and oxygen atoms in total. The summed E-state index contributed by atoms with van der Waals surface area (Å²) in [4.78, 5) is 0. The molecule has 0 saturated carbocycles. The zero-order valence-electron chi connectivity index (χ0n) is 11.8. The second-order valence-corrected chi connectivity index (χ2v) is 4.86. The van der Waals surface area contributed by atoms with Crippen molar-refractivity contribution in [2.24, 2.45) is 0 Å². The van der Waals surface area contributed by atoms with E-state index in [2.05, 4.69) is 10.6 Å². The van der Waals surface area contributed by atoms with E-state index in [-0.39, 0.29) is 6.10 Å². The molecular weight excluding hydrogens is 252 g/mol. The third-order valence-electron chi connectivity index (χ3n) is 2.94. The van der Waals surface area contributed by atoms with Crippen LogP contribution in [0.15, 0.2) is 46.9 Å². The molecule has 1 aromatic heterocycles. The maximum atomic E-state index is 9.10. The van der Waals surface area contributed by atoms with Crippen LogP contribution in [0.5, 0.6) is 0 Å². The topological polar surface area (TPSA) is 57.4 Å². The lowest BCUT2D eigenvalue weighted by Crippen LogP contribution is -2.31. The average molecular weight is 274 g/mol. The largest absolute Gasteiger partial charge is 0.460 e. The summed E-state index contributed by atoms with van der Waals surface area (Å²) in [5.74, 6) is 1.83. The molecule has 0 aliphatic heterocycles. The summed E-state index contributed by atoms with van der Waals surface area (Å²) >= 11 is 0. The number of aliphatic hydroxyl groups excluding tert-OH is 1. The summed E-state index contributed by atoms with van der Waals surface area (Å²) in [6.45, 7) is 4.78. The highest BCUT2D eigenvalue weighted by atomic mass is 16.3. The van der Waals surface area contributed by atoms with Crippen molar-refractivity contribution >= 4 is 0 Å². The highest BCUT2D eigenvalue weighted by molar-refractivity contribution is 5.57. The first-order valence-corrected chi connectivity index (χ1v) is 6.99. The molecule has 1 atom stereocenters. The molecule has 0 aliphatic carbocycles. The van der Waals surface area contributed by atoms with Gasteiger partial charge in [-0.3, -0.25) is 0 Å². The molecule has 0 amide bonds. The summed E-state index contributed by atoms with van der Waals surface area (Å²) in [6.07, 6.45) is -0.298. The van der Waals surface area contributed by atoms with Crippen LogP contribution in [0.2, 0.25) is 0 Å². The molecule has 0 saturated heterocycles. The van der Waals surface area contributed by atoms with Gasteiger partial charge in [-0.2, -0.15) is 0 Å². The zero-order chi connectivity index (χ0) is 14.2. The Morgan fingerprint density at radius 2 is 1.80 bits per heavy atom. The minimum atomic E-state index is -0.298. The fourth-order valence-electron chi connectivity index (χ4n) is 1.93. The average Bonchev–Trinajstić information content (AvgIpc) is 2.92. The Labute approximate surface area is 119 Å². The van der Waals surface area contributed by atoms with Crippen LogP contribution in [0.3, 0.4) is 0 Å². The molecular formula is C16H22N2O2.